The number of fused-ring (bicyclic) bond motifs is 1. The number of halogens is 1. The molecule has 12 nitrogen and oxygen atoms in total. The van der Waals surface area contributed by atoms with Crippen molar-refractivity contribution in [2.45, 2.75) is 25.2 Å². The van der Waals surface area contributed by atoms with Crippen LogP contribution in [-0.2, 0) is 20.9 Å². The van der Waals surface area contributed by atoms with Gasteiger partial charge in [0.1, 0.15) is 8.46 Å². The van der Waals surface area contributed by atoms with E-state index in [0.29, 0.717) is 27.7 Å². The number of nitrogens with one attached hydrogen (secondary N) is 2. The van der Waals surface area contributed by atoms with E-state index < -0.39 is 27.4 Å². The van der Waals surface area contributed by atoms with Crippen LogP contribution >= 0.6 is 27.7 Å². The van der Waals surface area contributed by atoms with E-state index in [-0.39, 0.29) is 18.5 Å². The van der Waals surface area contributed by atoms with Crippen LogP contribution in [0.4, 0.5) is 17.5 Å². The Labute approximate surface area is 195 Å². The predicted octanol–water partition coefficient (Wildman–Crippen LogP) is 2.75. The number of imidazole rings is 1. The van der Waals surface area contributed by atoms with Gasteiger partial charge in [0.25, 0.3) is 0 Å². The first-order chi connectivity index (χ1) is 15.4. The van der Waals surface area contributed by atoms with Gasteiger partial charge in [-0.05, 0) is 24.1 Å². The van der Waals surface area contributed by atoms with Crippen LogP contribution in [0.5, 0.6) is 0 Å². The molecule has 5 N–H and O–H groups in total. The Balaban J connectivity index is 1.90. The molecule has 0 fully saturated rings. The number of anilines is 3. The number of hydrogen-bond acceptors (Lipinski definition) is 9. The van der Waals surface area contributed by atoms with Gasteiger partial charge < -0.3 is 39.4 Å². The average Bonchev–Trinajstić information content (AvgIpc) is 3.11. The Bertz CT molecular complexity index is 1200. The van der Waals surface area contributed by atoms with Crippen LogP contribution < -0.4 is 10.6 Å². The molecule has 1 aromatic carbocycles. The molecule has 3 rings (SSSR count). The van der Waals surface area contributed by atoms with Crippen LogP contribution in [-0.4, -0.2) is 52.3 Å². The van der Waals surface area contributed by atoms with Gasteiger partial charge in [-0.25, -0.2) is 4.98 Å². The van der Waals surface area contributed by atoms with E-state index in [2.05, 4.69) is 25.6 Å². The molecule has 0 radical (unpaired) electrons. The Kier molecular flexibility index (Phi) is 7.80. The average molecular weight is 519 g/mol. The summed E-state index contributed by atoms with van der Waals surface area (Å²) < 4.78 is 29.5. The Morgan fingerprint density at radius 2 is 2.06 bits per heavy atom. The van der Waals surface area contributed by atoms with Gasteiger partial charge >= 0.3 is 12.9 Å². The number of rotatable bonds is 10. The number of aryl methyl sites for hydroxylation is 1. The van der Waals surface area contributed by atoms with E-state index in [0.717, 1.165) is 0 Å². The summed E-state index contributed by atoms with van der Waals surface area (Å²) in [6.07, 6.45) is 1.59. The normalized spacial score (nSPS) is 15.3. The van der Waals surface area contributed by atoms with Crippen LogP contribution in [0.15, 0.2) is 30.6 Å². The maximum atomic E-state index is 11.5. The lowest BCUT2D eigenvalue weighted by Gasteiger charge is -2.28. The van der Waals surface area contributed by atoms with Gasteiger partial charge in [-0.2, -0.15) is 9.97 Å². The molecule has 3 aromatic rings. The van der Waals surface area contributed by atoms with Gasteiger partial charge in [-0.1, -0.05) is 31.5 Å². The first kappa shape index (κ1) is 25.6. The lowest BCUT2D eigenvalue weighted by molar-refractivity contribution is -0.0925. The molecular formula is C18H25ClN6O6P2. The summed E-state index contributed by atoms with van der Waals surface area (Å²) in [7, 11) is -5.72. The molecule has 2 aromatic heterocycles. The number of ether oxygens (including phenoxy) is 1. The van der Waals surface area contributed by atoms with Crippen LogP contribution in [0.1, 0.15) is 13.8 Å². The summed E-state index contributed by atoms with van der Waals surface area (Å²) in [6, 6.07) is 6.48. The molecule has 180 valence electrons. The molecule has 3 unspecified atom stereocenters. The third-order valence-corrected chi connectivity index (χ3v) is 7.81. The molecule has 15 heteroatoms. The molecule has 3 atom stereocenters. The highest BCUT2D eigenvalue weighted by atomic mass is 35.5. The van der Waals surface area contributed by atoms with E-state index in [4.69, 9.17) is 16.3 Å². The zero-order valence-electron chi connectivity index (χ0n) is 18.0. The van der Waals surface area contributed by atoms with Crippen molar-refractivity contribution >= 4 is 56.3 Å². The van der Waals surface area contributed by atoms with Gasteiger partial charge in [0.2, 0.25) is 5.95 Å². The third kappa shape index (κ3) is 5.91. The molecule has 33 heavy (non-hydrogen) atoms. The smallest absolute Gasteiger partial charge is 0.351 e. The fraction of sp³-hybridized carbons (Fsp3) is 0.389. The highest BCUT2D eigenvalue weighted by Gasteiger charge is 2.47. The molecule has 0 bridgehead atoms. The second-order valence-corrected chi connectivity index (χ2v) is 11.4. The largest absolute Gasteiger partial charge is 0.391 e. The maximum Gasteiger partial charge on any atom is 0.391 e. The minimum atomic E-state index is -5.17. The van der Waals surface area contributed by atoms with Crippen molar-refractivity contribution in [3.63, 3.8) is 0 Å². The Morgan fingerprint density at radius 3 is 2.67 bits per heavy atom. The molecule has 0 spiro atoms. The molecule has 0 saturated heterocycles. The lowest BCUT2D eigenvalue weighted by atomic mass is 10.1. The second kappa shape index (κ2) is 10.1. The highest BCUT2D eigenvalue weighted by molar-refractivity contribution is 7.62. The summed E-state index contributed by atoms with van der Waals surface area (Å²) in [4.78, 5) is 31.9. The topological polar surface area (TPSA) is 172 Å². The molecule has 2 heterocycles. The summed E-state index contributed by atoms with van der Waals surface area (Å²) in [5.41, 5.74) is 1.73. The summed E-state index contributed by atoms with van der Waals surface area (Å²) in [5.74, 6) is 0.458. The van der Waals surface area contributed by atoms with E-state index >= 15 is 0 Å². The number of aliphatic hydroxyl groups is 1. The standard InChI is InChI=1S/C18H25ClN6O6P2/c1-10(2)13(8-31-18(26,32-27)33(28,29)30)22-17-23-15(14-16(24-17)25(3)9-20-14)21-12-6-4-5-11(19)7-12/h4-7,9-10,13,26H,8,32H2,1-3H3,(H2,28,29,30)(H2,21,22,23,24). The minimum Gasteiger partial charge on any atom is -0.351 e. The van der Waals surface area contributed by atoms with Crippen molar-refractivity contribution in [3.8, 4) is 0 Å². The first-order valence-corrected chi connectivity index (χ1v) is 12.8. The Morgan fingerprint density at radius 1 is 1.33 bits per heavy atom. The SMILES string of the molecule is CC(C)C(COC(O)([PH2]=O)P(=O)(O)O)Nc1nc(Nc2cccc(Cl)c2)c2ncn(C)c2n1. The maximum absolute atomic E-state index is 11.5. The fourth-order valence-electron chi connectivity index (χ4n) is 2.83. The summed E-state index contributed by atoms with van der Waals surface area (Å²) in [6.45, 7) is 3.29. The van der Waals surface area contributed by atoms with Crippen LogP contribution in [0.2, 0.25) is 5.02 Å². The van der Waals surface area contributed by atoms with Gasteiger partial charge in [0.05, 0.1) is 19.0 Å². The van der Waals surface area contributed by atoms with Crippen LogP contribution in [0.25, 0.3) is 11.2 Å². The number of benzene rings is 1. The van der Waals surface area contributed by atoms with Gasteiger partial charge in [-0.3, -0.25) is 4.57 Å². The number of hydrogen-bond donors (Lipinski definition) is 5. The molecular weight excluding hydrogens is 494 g/mol. The quantitative estimate of drug-likeness (QED) is 0.197. The van der Waals surface area contributed by atoms with Gasteiger partial charge in [0, 0.05) is 17.8 Å². The highest BCUT2D eigenvalue weighted by Crippen LogP contribution is 2.55. The van der Waals surface area contributed by atoms with Crippen molar-refractivity contribution in [1.82, 2.24) is 19.5 Å². The van der Waals surface area contributed by atoms with Gasteiger partial charge in [-0.15, -0.1) is 0 Å². The molecule has 0 saturated carbocycles. The van der Waals surface area contributed by atoms with Crippen molar-refractivity contribution in [1.29, 1.82) is 0 Å². The van der Waals surface area contributed by atoms with E-state index in [9.17, 15) is 24.0 Å². The van der Waals surface area contributed by atoms with Crippen molar-refractivity contribution in [2.24, 2.45) is 13.0 Å². The summed E-state index contributed by atoms with van der Waals surface area (Å²) in [5, 5.41) is 13.7. The van der Waals surface area contributed by atoms with E-state index in [1.54, 1.807) is 36.1 Å². The molecule has 0 amide bonds. The van der Waals surface area contributed by atoms with E-state index in [1.165, 1.54) is 0 Å². The van der Waals surface area contributed by atoms with Gasteiger partial charge in [0.15, 0.2) is 17.0 Å². The number of nitrogens with zero attached hydrogens (tertiary/aromatic N) is 4. The summed E-state index contributed by atoms with van der Waals surface area (Å²) >= 11 is 6.07. The number of aromatic nitrogens is 4. The fourth-order valence-corrected chi connectivity index (χ4v) is 3.97. The van der Waals surface area contributed by atoms with Crippen LogP contribution in [0.3, 0.4) is 0 Å². The monoisotopic (exact) mass is 518 g/mol. The minimum absolute atomic E-state index is 0.136. The second-order valence-electron chi connectivity index (χ2n) is 7.69. The lowest BCUT2D eigenvalue weighted by Crippen LogP contribution is -2.36. The predicted molar refractivity (Wildman–Crippen MR) is 127 cm³/mol. The third-order valence-electron chi connectivity index (χ3n) is 4.81. The van der Waals surface area contributed by atoms with E-state index in [1.807, 2.05) is 19.9 Å². The zero-order valence-corrected chi connectivity index (χ0v) is 20.8. The molecule has 0 aliphatic heterocycles. The first-order valence-electron chi connectivity index (χ1n) is 9.80. The zero-order chi connectivity index (χ0) is 24.4. The van der Waals surface area contributed by atoms with Crippen LogP contribution in [0, 0.1) is 5.92 Å². The molecule has 0 aliphatic rings. The van der Waals surface area contributed by atoms with Crippen molar-refractivity contribution < 1.29 is 28.8 Å². The van der Waals surface area contributed by atoms with Crippen molar-refractivity contribution in [2.75, 3.05) is 17.2 Å². The van der Waals surface area contributed by atoms with Crippen molar-refractivity contribution in [3.05, 3.63) is 35.6 Å². The Hall–Kier alpha value is -2.04. The molecule has 0 aliphatic carbocycles.